The van der Waals surface area contributed by atoms with Crippen molar-refractivity contribution in [2.75, 3.05) is 13.2 Å². The minimum atomic E-state index is 0.132. The molecule has 0 aliphatic rings. The SMILES string of the molecule is CCCCOCCn1ccc2c(/C(N)=N/O)cccc21. The van der Waals surface area contributed by atoms with Gasteiger partial charge in [-0.25, -0.2) is 0 Å². The first kappa shape index (κ1) is 14.4. The summed E-state index contributed by atoms with van der Waals surface area (Å²) < 4.78 is 7.71. The van der Waals surface area contributed by atoms with Crippen LogP contribution in [0.2, 0.25) is 0 Å². The average Bonchev–Trinajstić information content (AvgIpc) is 2.89. The van der Waals surface area contributed by atoms with Crippen LogP contribution in [0.5, 0.6) is 0 Å². The van der Waals surface area contributed by atoms with Gasteiger partial charge in [-0.15, -0.1) is 0 Å². The molecule has 0 bridgehead atoms. The maximum absolute atomic E-state index is 8.81. The highest BCUT2D eigenvalue weighted by atomic mass is 16.5. The Balaban J connectivity index is 2.12. The van der Waals surface area contributed by atoms with Gasteiger partial charge in [-0.2, -0.15) is 0 Å². The summed E-state index contributed by atoms with van der Waals surface area (Å²) in [5.41, 5.74) is 7.50. The van der Waals surface area contributed by atoms with Gasteiger partial charge in [-0.05, 0) is 18.6 Å². The fraction of sp³-hybridized carbons (Fsp3) is 0.400. The first-order valence-corrected chi connectivity index (χ1v) is 6.91. The molecular formula is C15H21N3O2. The number of rotatable bonds is 7. The van der Waals surface area contributed by atoms with Gasteiger partial charge in [0.15, 0.2) is 5.84 Å². The summed E-state index contributed by atoms with van der Waals surface area (Å²) in [4.78, 5) is 0. The number of hydrogen-bond donors (Lipinski definition) is 2. The van der Waals surface area contributed by atoms with Crippen LogP contribution in [0.1, 0.15) is 25.3 Å². The summed E-state index contributed by atoms with van der Waals surface area (Å²) >= 11 is 0. The molecule has 0 saturated carbocycles. The van der Waals surface area contributed by atoms with Gasteiger partial charge in [0.25, 0.3) is 0 Å². The predicted octanol–water partition coefficient (Wildman–Crippen LogP) is 2.55. The van der Waals surface area contributed by atoms with E-state index in [1.54, 1.807) is 0 Å². The minimum absolute atomic E-state index is 0.132. The van der Waals surface area contributed by atoms with E-state index in [0.29, 0.717) is 6.61 Å². The number of nitrogens with two attached hydrogens (primary N) is 1. The molecule has 1 heterocycles. The quantitative estimate of drug-likeness (QED) is 0.268. The van der Waals surface area contributed by atoms with E-state index in [9.17, 15) is 0 Å². The molecule has 0 aliphatic heterocycles. The van der Waals surface area contributed by atoms with E-state index >= 15 is 0 Å². The normalized spacial score (nSPS) is 12.2. The van der Waals surface area contributed by atoms with Crippen LogP contribution in [0.25, 0.3) is 10.9 Å². The number of amidine groups is 1. The largest absolute Gasteiger partial charge is 0.409 e. The minimum Gasteiger partial charge on any atom is -0.409 e. The van der Waals surface area contributed by atoms with Crippen molar-refractivity contribution in [1.29, 1.82) is 0 Å². The van der Waals surface area contributed by atoms with Gasteiger partial charge in [0, 0.05) is 35.8 Å². The van der Waals surface area contributed by atoms with Crippen molar-refractivity contribution in [3.05, 3.63) is 36.0 Å². The maximum Gasteiger partial charge on any atom is 0.170 e. The lowest BCUT2D eigenvalue weighted by molar-refractivity contribution is 0.124. The van der Waals surface area contributed by atoms with E-state index in [2.05, 4.69) is 16.6 Å². The molecule has 0 saturated heterocycles. The second-order valence-corrected chi connectivity index (χ2v) is 4.70. The van der Waals surface area contributed by atoms with Crippen molar-refractivity contribution in [2.24, 2.45) is 10.9 Å². The van der Waals surface area contributed by atoms with Crippen molar-refractivity contribution < 1.29 is 9.94 Å². The highest BCUT2D eigenvalue weighted by Crippen LogP contribution is 2.20. The first-order chi connectivity index (χ1) is 9.77. The van der Waals surface area contributed by atoms with E-state index in [0.717, 1.165) is 42.5 Å². The van der Waals surface area contributed by atoms with Crippen LogP contribution >= 0.6 is 0 Å². The molecule has 5 heteroatoms. The highest BCUT2D eigenvalue weighted by Gasteiger charge is 2.08. The fourth-order valence-corrected chi connectivity index (χ4v) is 2.21. The molecule has 1 aromatic carbocycles. The molecule has 108 valence electrons. The molecule has 2 rings (SSSR count). The fourth-order valence-electron chi connectivity index (χ4n) is 2.21. The molecule has 0 radical (unpaired) electrons. The smallest absolute Gasteiger partial charge is 0.170 e. The third kappa shape index (κ3) is 3.11. The zero-order chi connectivity index (χ0) is 14.4. The number of fused-ring (bicyclic) bond motifs is 1. The van der Waals surface area contributed by atoms with Crippen LogP contribution in [0.4, 0.5) is 0 Å². The lowest BCUT2D eigenvalue weighted by atomic mass is 10.1. The first-order valence-electron chi connectivity index (χ1n) is 6.91. The maximum atomic E-state index is 8.81. The molecule has 2 aromatic rings. The Morgan fingerprint density at radius 3 is 2.95 bits per heavy atom. The number of aromatic nitrogens is 1. The van der Waals surface area contributed by atoms with Crippen LogP contribution in [-0.2, 0) is 11.3 Å². The Kier molecular flexibility index (Phi) is 5.01. The Hall–Kier alpha value is -2.01. The summed E-state index contributed by atoms with van der Waals surface area (Å²) in [6, 6.07) is 7.76. The third-order valence-electron chi connectivity index (χ3n) is 3.32. The van der Waals surface area contributed by atoms with Crippen molar-refractivity contribution in [2.45, 2.75) is 26.3 Å². The summed E-state index contributed by atoms with van der Waals surface area (Å²) in [7, 11) is 0. The van der Waals surface area contributed by atoms with Crippen LogP contribution in [-0.4, -0.2) is 28.8 Å². The molecule has 20 heavy (non-hydrogen) atoms. The van der Waals surface area contributed by atoms with E-state index in [1.165, 1.54) is 0 Å². The van der Waals surface area contributed by atoms with Gasteiger partial charge in [0.2, 0.25) is 0 Å². The summed E-state index contributed by atoms with van der Waals surface area (Å²) in [6.45, 7) is 4.45. The summed E-state index contributed by atoms with van der Waals surface area (Å²) in [5, 5.41) is 12.9. The van der Waals surface area contributed by atoms with E-state index in [-0.39, 0.29) is 5.84 Å². The molecule has 1 aromatic heterocycles. The van der Waals surface area contributed by atoms with Crippen molar-refractivity contribution in [1.82, 2.24) is 4.57 Å². The molecule has 0 unspecified atom stereocenters. The van der Waals surface area contributed by atoms with E-state index in [4.69, 9.17) is 15.7 Å². The Labute approximate surface area is 118 Å². The van der Waals surface area contributed by atoms with Crippen LogP contribution in [0.3, 0.4) is 0 Å². The molecule has 0 atom stereocenters. The molecule has 5 nitrogen and oxygen atoms in total. The molecule has 0 fully saturated rings. The second kappa shape index (κ2) is 6.96. The van der Waals surface area contributed by atoms with Crippen LogP contribution in [0, 0.1) is 0 Å². The molecular weight excluding hydrogens is 254 g/mol. The van der Waals surface area contributed by atoms with Crippen molar-refractivity contribution in [3.63, 3.8) is 0 Å². The zero-order valence-electron chi connectivity index (χ0n) is 11.7. The van der Waals surface area contributed by atoms with Gasteiger partial charge in [-0.1, -0.05) is 30.6 Å². The van der Waals surface area contributed by atoms with Crippen molar-refractivity contribution in [3.8, 4) is 0 Å². The number of oxime groups is 1. The van der Waals surface area contributed by atoms with Gasteiger partial charge in [0.1, 0.15) is 0 Å². The van der Waals surface area contributed by atoms with E-state index in [1.807, 2.05) is 30.5 Å². The van der Waals surface area contributed by atoms with Gasteiger partial charge >= 0.3 is 0 Å². The Morgan fingerprint density at radius 2 is 2.20 bits per heavy atom. The van der Waals surface area contributed by atoms with E-state index < -0.39 is 0 Å². The number of hydrogen-bond acceptors (Lipinski definition) is 3. The third-order valence-corrected chi connectivity index (χ3v) is 3.32. The lowest BCUT2D eigenvalue weighted by Crippen LogP contribution is -2.13. The summed E-state index contributed by atoms with van der Waals surface area (Å²) in [6.07, 6.45) is 4.25. The average molecular weight is 275 g/mol. The molecule has 3 N–H and O–H groups in total. The Morgan fingerprint density at radius 1 is 1.35 bits per heavy atom. The standard InChI is InChI=1S/C15H21N3O2/c1-2-3-10-20-11-9-18-8-7-12-13(15(16)17-19)5-4-6-14(12)18/h4-8,19H,2-3,9-11H2,1H3,(H2,16,17). The topological polar surface area (TPSA) is 72.8 Å². The zero-order valence-corrected chi connectivity index (χ0v) is 11.7. The van der Waals surface area contributed by atoms with Gasteiger partial charge < -0.3 is 20.2 Å². The second-order valence-electron chi connectivity index (χ2n) is 4.70. The monoisotopic (exact) mass is 275 g/mol. The number of benzene rings is 1. The lowest BCUT2D eigenvalue weighted by Gasteiger charge is -2.07. The predicted molar refractivity (Wildman–Crippen MR) is 80.2 cm³/mol. The van der Waals surface area contributed by atoms with Gasteiger partial charge in [0.05, 0.1) is 6.61 Å². The molecule has 0 aliphatic carbocycles. The van der Waals surface area contributed by atoms with Crippen molar-refractivity contribution >= 4 is 16.7 Å². The number of unbranched alkanes of at least 4 members (excludes halogenated alkanes) is 1. The highest BCUT2D eigenvalue weighted by molar-refractivity contribution is 6.08. The van der Waals surface area contributed by atoms with Crippen LogP contribution < -0.4 is 5.73 Å². The number of nitrogens with zero attached hydrogens (tertiary/aromatic N) is 2. The van der Waals surface area contributed by atoms with Crippen LogP contribution in [0.15, 0.2) is 35.6 Å². The molecule has 0 amide bonds. The summed E-state index contributed by atoms with van der Waals surface area (Å²) in [5.74, 6) is 0.132. The van der Waals surface area contributed by atoms with Gasteiger partial charge in [-0.3, -0.25) is 0 Å². The Bertz CT molecular complexity index is 590. The molecule has 0 spiro atoms. The number of ether oxygens (including phenoxy) is 1.